The predicted octanol–water partition coefficient (Wildman–Crippen LogP) is 2.48. The first-order chi connectivity index (χ1) is 8.08. The fourth-order valence-corrected chi connectivity index (χ4v) is 3.26. The van der Waals surface area contributed by atoms with E-state index in [1.165, 1.54) is 4.31 Å². The van der Waals surface area contributed by atoms with Gasteiger partial charge in [-0.15, -0.1) is 0 Å². The summed E-state index contributed by atoms with van der Waals surface area (Å²) >= 11 is 5.74. The van der Waals surface area contributed by atoms with E-state index in [1.807, 2.05) is 0 Å². The van der Waals surface area contributed by atoms with Crippen LogP contribution in [0.3, 0.4) is 0 Å². The van der Waals surface area contributed by atoms with Crippen molar-refractivity contribution in [2.24, 2.45) is 0 Å². The van der Waals surface area contributed by atoms with E-state index in [4.69, 9.17) is 11.6 Å². The number of nitrogens with zero attached hydrogens (tertiary/aromatic N) is 1. The van der Waals surface area contributed by atoms with Crippen molar-refractivity contribution in [1.29, 1.82) is 0 Å². The lowest BCUT2D eigenvalue weighted by atomic mass is 10.2. The van der Waals surface area contributed by atoms with Gasteiger partial charge in [0.05, 0.1) is 0 Å². The Bertz CT molecular complexity index is 467. The van der Waals surface area contributed by atoms with E-state index in [2.05, 4.69) is 4.72 Å². The zero-order chi connectivity index (χ0) is 12.3. The van der Waals surface area contributed by atoms with Gasteiger partial charge >= 0.3 is 10.2 Å². The SMILES string of the molecule is O=S(=O)(Nc1ccc(Cl)cc1)N1CCCCC1. The lowest BCUT2D eigenvalue weighted by Crippen LogP contribution is -2.39. The molecule has 17 heavy (non-hydrogen) atoms. The summed E-state index contributed by atoms with van der Waals surface area (Å²) in [5.74, 6) is 0. The third-order valence-electron chi connectivity index (χ3n) is 2.75. The Morgan fingerprint density at radius 2 is 1.65 bits per heavy atom. The molecule has 6 heteroatoms. The Morgan fingerprint density at radius 1 is 1.06 bits per heavy atom. The summed E-state index contributed by atoms with van der Waals surface area (Å²) in [5, 5.41) is 0.589. The Labute approximate surface area is 107 Å². The maximum atomic E-state index is 12.0. The first-order valence-electron chi connectivity index (χ1n) is 5.61. The van der Waals surface area contributed by atoms with E-state index < -0.39 is 10.2 Å². The molecule has 4 nitrogen and oxygen atoms in total. The molecule has 0 spiro atoms. The molecule has 0 saturated carbocycles. The molecule has 1 aliphatic heterocycles. The van der Waals surface area contributed by atoms with Gasteiger partial charge in [-0.1, -0.05) is 18.0 Å². The largest absolute Gasteiger partial charge is 0.301 e. The molecule has 2 rings (SSSR count). The topological polar surface area (TPSA) is 49.4 Å². The second-order valence-corrected chi connectivity index (χ2v) is 6.18. The molecule has 1 heterocycles. The number of anilines is 1. The maximum Gasteiger partial charge on any atom is 0.301 e. The monoisotopic (exact) mass is 274 g/mol. The molecule has 0 amide bonds. The van der Waals surface area contributed by atoms with Gasteiger partial charge in [0.1, 0.15) is 0 Å². The van der Waals surface area contributed by atoms with Crippen LogP contribution < -0.4 is 4.72 Å². The van der Waals surface area contributed by atoms with Gasteiger partial charge in [0, 0.05) is 23.8 Å². The summed E-state index contributed by atoms with van der Waals surface area (Å²) < 4.78 is 28.1. The van der Waals surface area contributed by atoms with Crippen molar-refractivity contribution in [3.05, 3.63) is 29.3 Å². The molecule has 0 unspecified atom stereocenters. The lowest BCUT2D eigenvalue weighted by Gasteiger charge is -2.26. The van der Waals surface area contributed by atoms with E-state index in [0.29, 0.717) is 23.8 Å². The van der Waals surface area contributed by atoms with Gasteiger partial charge in [-0.2, -0.15) is 12.7 Å². The van der Waals surface area contributed by atoms with Crippen molar-refractivity contribution in [2.75, 3.05) is 17.8 Å². The molecule has 0 aliphatic carbocycles. The Morgan fingerprint density at radius 3 is 2.24 bits per heavy atom. The van der Waals surface area contributed by atoms with Crippen LogP contribution in [0.5, 0.6) is 0 Å². The third kappa shape index (κ3) is 3.34. The van der Waals surface area contributed by atoms with Crippen LogP contribution in [0.4, 0.5) is 5.69 Å². The molecule has 1 N–H and O–H groups in total. The van der Waals surface area contributed by atoms with Crippen LogP contribution in [0, 0.1) is 0 Å². The standard InChI is InChI=1S/C11H15ClN2O2S/c12-10-4-6-11(7-5-10)13-17(15,16)14-8-2-1-3-9-14/h4-7,13H,1-3,8-9H2. The zero-order valence-electron chi connectivity index (χ0n) is 9.39. The lowest BCUT2D eigenvalue weighted by molar-refractivity contribution is 0.349. The Hall–Kier alpha value is -0.780. The third-order valence-corrected chi connectivity index (χ3v) is 4.54. The Kier molecular flexibility index (Phi) is 3.91. The van der Waals surface area contributed by atoms with Crippen LogP contribution in [-0.4, -0.2) is 25.8 Å². The normalized spacial score (nSPS) is 17.9. The molecule has 1 aromatic rings. The first-order valence-corrected chi connectivity index (χ1v) is 7.43. The molecule has 94 valence electrons. The number of benzene rings is 1. The smallest absolute Gasteiger partial charge is 0.271 e. The van der Waals surface area contributed by atoms with Crippen molar-refractivity contribution >= 4 is 27.5 Å². The highest BCUT2D eigenvalue weighted by atomic mass is 35.5. The van der Waals surface area contributed by atoms with Crippen molar-refractivity contribution in [1.82, 2.24) is 4.31 Å². The summed E-state index contributed by atoms with van der Waals surface area (Å²) in [6.07, 6.45) is 2.97. The number of rotatable bonds is 3. The summed E-state index contributed by atoms with van der Waals surface area (Å²) in [5.41, 5.74) is 0.542. The fourth-order valence-electron chi connectivity index (χ4n) is 1.84. The minimum atomic E-state index is -3.41. The fraction of sp³-hybridized carbons (Fsp3) is 0.455. The first kappa shape index (κ1) is 12.7. The van der Waals surface area contributed by atoms with E-state index in [0.717, 1.165) is 19.3 Å². The van der Waals surface area contributed by atoms with Crippen LogP contribution in [0.2, 0.25) is 5.02 Å². The maximum absolute atomic E-state index is 12.0. The van der Waals surface area contributed by atoms with Crippen LogP contribution in [0.25, 0.3) is 0 Å². The highest BCUT2D eigenvalue weighted by Gasteiger charge is 2.23. The van der Waals surface area contributed by atoms with E-state index in [1.54, 1.807) is 24.3 Å². The predicted molar refractivity (Wildman–Crippen MR) is 69.4 cm³/mol. The van der Waals surface area contributed by atoms with Gasteiger partial charge in [-0.05, 0) is 37.1 Å². The van der Waals surface area contributed by atoms with Crippen molar-refractivity contribution < 1.29 is 8.42 Å². The summed E-state index contributed by atoms with van der Waals surface area (Å²) in [4.78, 5) is 0. The van der Waals surface area contributed by atoms with Gasteiger partial charge in [0.25, 0.3) is 0 Å². The van der Waals surface area contributed by atoms with Crippen molar-refractivity contribution in [3.8, 4) is 0 Å². The molecule has 0 radical (unpaired) electrons. The number of hydrogen-bond acceptors (Lipinski definition) is 2. The Balaban J connectivity index is 2.08. The van der Waals surface area contributed by atoms with E-state index in [9.17, 15) is 8.42 Å². The van der Waals surface area contributed by atoms with Gasteiger partial charge in [0.2, 0.25) is 0 Å². The van der Waals surface area contributed by atoms with Crippen LogP contribution in [-0.2, 0) is 10.2 Å². The molecular weight excluding hydrogens is 260 g/mol. The molecule has 1 saturated heterocycles. The second kappa shape index (κ2) is 5.25. The number of hydrogen-bond donors (Lipinski definition) is 1. The van der Waals surface area contributed by atoms with Gasteiger partial charge in [-0.3, -0.25) is 4.72 Å². The van der Waals surface area contributed by atoms with Crippen LogP contribution in [0.1, 0.15) is 19.3 Å². The number of piperidine rings is 1. The van der Waals surface area contributed by atoms with Gasteiger partial charge in [0.15, 0.2) is 0 Å². The van der Waals surface area contributed by atoms with Gasteiger partial charge < -0.3 is 0 Å². The molecule has 1 fully saturated rings. The molecule has 0 aromatic heterocycles. The number of halogens is 1. The van der Waals surface area contributed by atoms with Crippen molar-refractivity contribution in [3.63, 3.8) is 0 Å². The molecule has 1 aromatic carbocycles. The number of nitrogens with one attached hydrogen (secondary N) is 1. The zero-order valence-corrected chi connectivity index (χ0v) is 11.0. The second-order valence-electron chi connectivity index (χ2n) is 4.07. The van der Waals surface area contributed by atoms with Gasteiger partial charge in [-0.25, -0.2) is 0 Å². The molecular formula is C11H15ClN2O2S. The van der Waals surface area contributed by atoms with Crippen molar-refractivity contribution in [2.45, 2.75) is 19.3 Å². The highest BCUT2D eigenvalue weighted by Crippen LogP contribution is 2.18. The average Bonchev–Trinajstić information content (AvgIpc) is 2.33. The molecule has 1 aliphatic rings. The average molecular weight is 275 g/mol. The quantitative estimate of drug-likeness (QED) is 0.921. The summed E-state index contributed by atoms with van der Waals surface area (Å²) in [7, 11) is -3.41. The van der Waals surface area contributed by atoms with E-state index >= 15 is 0 Å². The minimum absolute atomic E-state index is 0.542. The highest BCUT2D eigenvalue weighted by molar-refractivity contribution is 7.90. The minimum Gasteiger partial charge on any atom is -0.271 e. The van der Waals surface area contributed by atoms with Crippen LogP contribution >= 0.6 is 11.6 Å². The van der Waals surface area contributed by atoms with E-state index in [-0.39, 0.29) is 0 Å². The summed E-state index contributed by atoms with van der Waals surface area (Å²) in [6.45, 7) is 1.20. The molecule has 0 bridgehead atoms. The summed E-state index contributed by atoms with van der Waals surface area (Å²) in [6, 6.07) is 6.64. The molecule has 0 atom stereocenters. The van der Waals surface area contributed by atoms with Crippen LogP contribution in [0.15, 0.2) is 24.3 Å².